The zero-order chi connectivity index (χ0) is 37.4. The van der Waals surface area contributed by atoms with Gasteiger partial charge in [-0.1, -0.05) is 166 Å². The molecule has 0 aliphatic heterocycles. The average molecular weight is 735 g/mol. The topological polar surface area (TPSA) is 51.6 Å². The lowest BCUT2D eigenvalue weighted by Gasteiger charge is -2.22. The van der Waals surface area contributed by atoms with Gasteiger partial charge in [-0.25, -0.2) is 19.9 Å². The van der Waals surface area contributed by atoms with Crippen LogP contribution >= 0.6 is 11.3 Å². The van der Waals surface area contributed by atoms with E-state index in [0.29, 0.717) is 17.5 Å². The summed E-state index contributed by atoms with van der Waals surface area (Å²) in [5.41, 5.74) is 13.6. The molecule has 3 heterocycles. The van der Waals surface area contributed by atoms with Crippen molar-refractivity contribution < 1.29 is 0 Å². The van der Waals surface area contributed by atoms with Crippen molar-refractivity contribution in [3.05, 3.63) is 181 Å². The van der Waals surface area contributed by atoms with E-state index in [0.717, 1.165) is 39.0 Å². The molecule has 264 valence electrons. The van der Waals surface area contributed by atoms with Crippen molar-refractivity contribution in [1.82, 2.24) is 19.9 Å². The van der Waals surface area contributed by atoms with Gasteiger partial charge in [0.05, 0.1) is 15.9 Å². The molecular formula is C51H34N4S. The van der Waals surface area contributed by atoms with Crippen LogP contribution < -0.4 is 0 Å². The number of hydrogen-bond acceptors (Lipinski definition) is 5. The van der Waals surface area contributed by atoms with Gasteiger partial charge in [0.2, 0.25) is 0 Å². The Morgan fingerprint density at radius 2 is 0.946 bits per heavy atom. The van der Waals surface area contributed by atoms with Gasteiger partial charge in [0.25, 0.3) is 0 Å². The van der Waals surface area contributed by atoms with Crippen molar-refractivity contribution in [1.29, 1.82) is 0 Å². The second-order valence-corrected chi connectivity index (χ2v) is 16.1. The summed E-state index contributed by atoms with van der Waals surface area (Å²) in [6.45, 7) is 4.65. The van der Waals surface area contributed by atoms with Gasteiger partial charge in [-0.15, -0.1) is 11.3 Å². The molecule has 0 amide bonds. The molecule has 0 spiro atoms. The van der Waals surface area contributed by atoms with Crippen molar-refractivity contribution in [2.24, 2.45) is 0 Å². The fourth-order valence-electron chi connectivity index (χ4n) is 8.45. The third kappa shape index (κ3) is 5.19. The number of rotatable bonds is 5. The van der Waals surface area contributed by atoms with Crippen LogP contribution in [0.3, 0.4) is 0 Å². The van der Waals surface area contributed by atoms with E-state index in [-0.39, 0.29) is 5.41 Å². The first-order valence-electron chi connectivity index (χ1n) is 19.0. The van der Waals surface area contributed by atoms with Gasteiger partial charge in [-0.3, -0.25) is 0 Å². The number of hydrogen-bond donors (Lipinski definition) is 0. The monoisotopic (exact) mass is 734 g/mol. The predicted molar refractivity (Wildman–Crippen MR) is 233 cm³/mol. The Morgan fingerprint density at radius 1 is 0.411 bits per heavy atom. The third-order valence-electron chi connectivity index (χ3n) is 11.4. The maximum Gasteiger partial charge on any atom is 0.164 e. The molecule has 10 aromatic rings. The van der Waals surface area contributed by atoms with Crippen LogP contribution in [0, 0.1) is 0 Å². The van der Waals surface area contributed by atoms with Crippen LogP contribution in [-0.4, -0.2) is 19.9 Å². The minimum Gasteiger partial charge on any atom is -0.246 e. The predicted octanol–water partition coefficient (Wildman–Crippen LogP) is 13.4. The van der Waals surface area contributed by atoms with Crippen LogP contribution in [-0.2, 0) is 5.41 Å². The molecule has 0 fully saturated rings. The summed E-state index contributed by atoms with van der Waals surface area (Å²) in [5, 5.41) is 3.72. The molecule has 3 aromatic heterocycles. The van der Waals surface area contributed by atoms with Crippen LogP contribution in [0.1, 0.15) is 25.0 Å². The summed E-state index contributed by atoms with van der Waals surface area (Å²) in [5.74, 6) is 1.91. The molecule has 0 saturated carbocycles. The lowest BCUT2D eigenvalue weighted by atomic mass is 9.81. The van der Waals surface area contributed by atoms with Crippen LogP contribution in [0.2, 0.25) is 0 Å². The highest BCUT2D eigenvalue weighted by Gasteiger charge is 2.35. The van der Waals surface area contributed by atoms with E-state index < -0.39 is 0 Å². The number of pyridine rings is 1. The van der Waals surface area contributed by atoms with Crippen molar-refractivity contribution >= 4 is 42.4 Å². The van der Waals surface area contributed by atoms with E-state index in [1.165, 1.54) is 53.4 Å². The Morgan fingerprint density at radius 3 is 1.68 bits per heavy atom. The molecule has 0 saturated heterocycles. The van der Waals surface area contributed by atoms with Crippen molar-refractivity contribution in [2.45, 2.75) is 19.3 Å². The number of thiophene rings is 1. The van der Waals surface area contributed by atoms with Gasteiger partial charge < -0.3 is 0 Å². The summed E-state index contributed by atoms with van der Waals surface area (Å²) >= 11 is 1.80. The first-order chi connectivity index (χ1) is 27.5. The molecule has 11 rings (SSSR count). The molecule has 0 N–H and O–H groups in total. The SMILES string of the molecule is CC1(C)c2ccccc2-c2ccc(-c3ccc(-c4nc(-c5ccccc5)nc(-c5ccc(-c6nc7ccccc7c7c6sc6ccccc67)cc5)n4)cc3)cc21. The van der Waals surface area contributed by atoms with E-state index in [4.69, 9.17) is 19.9 Å². The molecule has 56 heavy (non-hydrogen) atoms. The molecule has 0 unspecified atom stereocenters. The first kappa shape index (κ1) is 32.6. The van der Waals surface area contributed by atoms with E-state index in [1.54, 1.807) is 11.3 Å². The van der Waals surface area contributed by atoms with Gasteiger partial charge in [-0.05, 0) is 51.6 Å². The fourth-order valence-corrected chi connectivity index (χ4v) is 9.68. The highest BCUT2D eigenvalue weighted by atomic mass is 32.1. The summed E-state index contributed by atoms with van der Waals surface area (Å²) < 4.78 is 2.46. The lowest BCUT2D eigenvalue weighted by Crippen LogP contribution is -2.14. The van der Waals surface area contributed by atoms with Gasteiger partial charge in [-0.2, -0.15) is 0 Å². The Hall–Kier alpha value is -6.82. The van der Waals surface area contributed by atoms with Crippen molar-refractivity contribution in [3.8, 4) is 67.7 Å². The molecular weight excluding hydrogens is 701 g/mol. The standard InChI is InChI=1S/C51H34N4S/c1-51(2)41-17-9-6-14-37(41)38-29-28-36(30-42(38)51)31-20-24-34(25-21-31)49-53-48(33-12-4-3-5-13-33)54-50(55-49)35-26-22-32(23-27-35)46-47-45(39-15-7-10-18-43(39)52-46)40-16-8-11-19-44(40)56-47/h3-30H,1-2H3. The Kier molecular flexibility index (Phi) is 7.35. The van der Waals surface area contributed by atoms with E-state index in [9.17, 15) is 0 Å². The zero-order valence-corrected chi connectivity index (χ0v) is 31.7. The van der Waals surface area contributed by atoms with Crippen molar-refractivity contribution in [3.63, 3.8) is 0 Å². The normalized spacial score (nSPS) is 13.0. The van der Waals surface area contributed by atoms with Gasteiger partial charge in [0, 0.05) is 48.5 Å². The average Bonchev–Trinajstić information content (AvgIpc) is 3.76. The molecule has 0 atom stereocenters. The summed E-state index contributed by atoms with van der Waals surface area (Å²) in [7, 11) is 0. The van der Waals surface area contributed by atoms with Gasteiger partial charge in [0.15, 0.2) is 17.5 Å². The second-order valence-electron chi connectivity index (χ2n) is 15.0. The van der Waals surface area contributed by atoms with E-state index >= 15 is 0 Å². The van der Waals surface area contributed by atoms with Crippen LogP contribution in [0.5, 0.6) is 0 Å². The number of fused-ring (bicyclic) bond motifs is 8. The number of benzene rings is 7. The second kappa shape index (κ2) is 12.6. The maximum absolute atomic E-state index is 5.21. The highest BCUT2D eigenvalue weighted by Crippen LogP contribution is 2.49. The molecule has 0 bridgehead atoms. The molecule has 4 nitrogen and oxygen atoms in total. The van der Waals surface area contributed by atoms with E-state index in [1.807, 2.05) is 30.3 Å². The van der Waals surface area contributed by atoms with Crippen LogP contribution in [0.25, 0.3) is 98.7 Å². The minimum absolute atomic E-state index is 0.0496. The quantitative estimate of drug-likeness (QED) is 0.177. The molecule has 7 aromatic carbocycles. The van der Waals surface area contributed by atoms with Crippen LogP contribution in [0.4, 0.5) is 0 Å². The minimum atomic E-state index is -0.0496. The fraction of sp³-hybridized carbons (Fsp3) is 0.0588. The molecule has 5 heteroatoms. The Bertz CT molecular complexity index is 3150. The summed E-state index contributed by atoms with van der Waals surface area (Å²) in [4.78, 5) is 20.3. The third-order valence-corrected chi connectivity index (χ3v) is 12.5. The molecule has 0 radical (unpaired) electrons. The summed E-state index contributed by atoms with van der Waals surface area (Å²) in [6, 6.07) is 60.0. The van der Waals surface area contributed by atoms with Crippen LogP contribution in [0.15, 0.2) is 170 Å². The van der Waals surface area contributed by atoms with Gasteiger partial charge >= 0.3 is 0 Å². The number of para-hydroxylation sites is 1. The largest absolute Gasteiger partial charge is 0.246 e. The van der Waals surface area contributed by atoms with Crippen molar-refractivity contribution in [2.75, 3.05) is 0 Å². The first-order valence-corrected chi connectivity index (χ1v) is 19.8. The Labute approximate surface area is 328 Å². The highest BCUT2D eigenvalue weighted by molar-refractivity contribution is 7.26. The zero-order valence-electron chi connectivity index (χ0n) is 30.9. The smallest absolute Gasteiger partial charge is 0.164 e. The lowest BCUT2D eigenvalue weighted by molar-refractivity contribution is 0.660. The van der Waals surface area contributed by atoms with E-state index in [2.05, 4.69) is 153 Å². The number of nitrogens with zero attached hydrogens (tertiary/aromatic N) is 4. The molecule has 1 aliphatic carbocycles. The summed E-state index contributed by atoms with van der Waals surface area (Å²) in [6.07, 6.45) is 0. The molecule has 1 aliphatic rings. The van der Waals surface area contributed by atoms with Gasteiger partial charge in [0.1, 0.15) is 0 Å². The maximum atomic E-state index is 5.21. The number of aromatic nitrogens is 4. The Balaban J connectivity index is 0.973.